The molecule has 4 nitrogen and oxygen atoms in total. The highest BCUT2D eigenvalue weighted by atomic mass is 79.9. The lowest BCUT2D eigenvalue weighted by Gasteiger charge is -2.27. The molecule has 0 saturated heterocycles. The molecule has 0 spiro atoms. The highest BCUT2D eigenvalue weighted by molar-refractivity contribution is 9.10. The number of carbonyl (C=O) groups is 1. The number of aliphatic hydroxyl groups is 1. The highest BCUT2D eigenvalue weighted by Gasteiger charge is 2.31. The van der Waals surface area contributed by atoms with Crippen LogP contribution in [0.25, 0.3) is 0 Å². The van der Waals surface area contributed by atoms with Crippen LogP contribution in [0.5, 0.6) is 0 Å². The Morgan fingerprint density at radius 2 is 2.22 bits per heavy atom. The van der Waals surface area contributed by atoms with Crippen molar-refractivity contribution < 1.29 is 14.3 Å². The van der Waals surface area contributed by atoms with Crippen LogP contribution in [0.2, 0.25) is 0 Å². The molecule has 2 aromatic rings. The fourth-order valence-electron chi connectivity index (χ4n) is 2.86. The number of fused-ring (bicyclic) bond motifs is 1. The first-order valence-electron chi connectivity index (χ1n) is 7.41. The van der Waals surface area contributed by atoms with Crippen molar-refractivity contribution in [3.63, 3.8) is 0 Å². The summed E-state index contributed by atoms with van der Waals surface area (Å²) in [5, 5.41) is 12.8. The Bertz CT molecular complexity index is 738. The summed E-state index contributed by atoms with van der Waals surface area (Å²) in [6, 6.07) is 8.32. The molecule has 0 radical (unpaired) electrons. The van der Waals surface area contributed by atoms with Gasteiger partial charge in [-0.25, -0.2) is 4.39 Å². The number of nitrogens with one attached hydrogen (secondary N) is 1. The minimum Gasteiger partial charge on any atom is -0.387 e. The van der Waals surface area contributed by atoms with Gasteiger partial charge in [-0.2, -0.15) is 0 Å². The Hall–Kier alpha value is -1.79. The van der Waals surface area contributed by atoms with Crippen LogP contribution in [0, 0.1) is 5.82 Å². The van der Waals surface area contributed by atoms with Gasteiger partial charge in [0.25, 0.3) is 0 Å². The van der Waals surface area contributed by atoms with Gasteiger partial charge in [0.15, 0.2) is 0 Å². The average Bonchev–Trinajstić information content (AvgIpc) is 2.54. The smallest absolute Gasteiger partial charge is 0.227 e. The van der Waals surface area contributed by atoms with Gasteiger partial charge in [0.05, 0.1) is 17.7 Å². The maximum Gasteiger partial charge on any atom is 0.227 e. The predicted molar refractivity (Wildman–Crippen MR) is 87.1 cm³/mol. The zero-order valence-electron chi connectivity index (χ0n) is 12.3. The first-order chi connectivity index (χ1) is 11.1. The van der Waals surface area contributed by atoms with Crippen LogP contribution < -0.4 is 5.32 Å². The zero-order chi connectivity index (χ0) is 16.4. The molecule has 120 valence electrons. The summed E-state index contributed by atoms with van der Waals surface area (Å²) >= 11 is 3.20. The topological polar surface area (TPSA) is 62.2 Å². The number of benzene rings is 1. The molecule has 6 heteroatoms. The van der Waals surface area contributed by atoms with Crippen molar-refractivity contribution in [1.29, 1.82) is 0 Å². The molecule has 0 bridgehead atoms. The van der Waals surface area contributed by atoms with Crippen molar-refractivity contribution in [3.8, 4) is 0 Å². The molecule has 1 aliphatic rings. The van der Waals surface area contributed by atoms with Crippen LogP contribution >= 0.6 is 15.9 Å². The average molecular weight is 379 g/mol. The van der Waals surface area contributed by atoms with Crippen molar-refractivity contribution in [2.75, 3.05) is 0 Å². The Labute approximate surface area is 141 Å². The third kappa shape index (κ3) is 3.43. The van der Waals surface area contributed by atoms with E-state index in [0.717, 1.165) is 5.56 Å². The lowest BCUT2D eigenvalue weighted by molar-refractivity contribution is -0.123. The van der Waals surface area contributed by atoms with E-state index < -0.39 is 6.10 Å². The molecule has 0 unspecified atom stereocenters. The third-order valence-corrected chi connectivity index (χ3v) is 4.57. The summed E-state index contributed by atoms with van der Waals surface area (Å²) in [4.78, 5) is 16.6. The zero-order valence-corrected chi connectivity index (χ0v) is 13.9. The molecule has 1 aliphatic carbocycles. The van der Waals surface area contributed by atoms with Crippen LogP contribution in [-0.4, -0.2) is 16.0 Å². The molecule has 1 aromatic heterocycles. The monoisotopic (exact) mass is 378 g/mol. The number of amides is 1. The van der Waals surface area contributed by atoms with Gasteiger partial charge >= 0.3 is 0 Å². The first-order valence-corrected chi connectivity index (χ1v) is 8.20. The number of pyridine rings is 1. The Morgan fingerprint density at radius 1 is 1.39 bits per heavy atom. The molecule has 23 heavy (non-hydrogen) atoms. The molecule has 2 N–H and O–H groups in total. The summed E-state index contributed by atoms with van der Waals surface area (Å²) < 4.78 is 14.5. The second-order valence-corrected chi connectivity index (χ2v) is 6.49. The number of carbonyl (C=O) groups excluding carboxylic acids is 1. The number of nitrogens with zero attached hydrogens (tertiary/aromatic N) is 1. The van der Waals surface area contributed by atoms with Gasteiger partial charge in [-0.15, -0.1) is 0 Å². The van der Waals surface area contributed by atoms with Gasteiger partial charge in [-0.3, -0.25) is 9.78 Å². The van der Waals surface area contributed by atoms with Crippen molar-refractivity contribution in [2.24, 2.45) is 0 Å². The highest BCUT2D eigenvalue weighted by Crippen LogP contribution is 2.36. The molecule has 3 rings (SSSR count). The quantitative estimate of drug-likeness (QED) is 0.861. The Morgan fingerprint density at radius 3 is 3.00 bits per heavy atom. The Kier molecular flexibility index (Phi) is 4.73. The van der Waals surface area contributed by atoms with E-state index in [9.17, 15) is 14.3 Å². The van der Waals surface area contributed by atoms with Crippen molar-refractivity contribution in [2.45, 2.75) is 31.4 Å². The van der Waals surface area contributed by atoms with Gasteiger partial charge in [-0.05, 0) is 36.6 Å². The van der Waals surface area contributed by atoms with Crippen molar-refractivity contribution >= 4 is 21.8 Å². The van der Waals surface area contributed by atoms with E-state index in [2.05, 4.69) is 26.2 Å². The number of hydrogen-bond acceptors (Lipinski definition) is 3. The number of rotatable bonds is 3. The van der Waals surface area contributed by atoms with Gasteiger partial charge in [-0.1, -0.05) is 28.1 Å². The fraction of sp³-hybridized carbons (Fsp3) is 0.294. The fourth-order valence-corrected chi connectivity index (χ4v) is 3.20. The van der Waals surface area contributed by atoms with E-state index in [1.807, 2.05) is 6.07 Å². The molecule has 1 amide bonds. The predicted octanol–water partition coefficient (Wildman–Crippen LogP) is 3.21. The van der Waals surface area contributed by atoms with E-state index in [1.54, 1.807) is 24.4 Å². The van der Waals surface area contributed by atoms with Crippen LogP contribution in [0.1, 0.15) is 41.7 Å². The summed E-state index contributed by atoms with van der Waals surface area (Å²) in [5.41, 5.74) is 1.75. The van der Waals surface area contributed by atoms with Gasteiger partial charge in [0, 0.05) is 22.8 Å². The van der Waals surface area contributed by atoms with Crippen LogP contribution in [0.15, 0.2) is 41.0 Å². The summed E-state index contributed by atoms with van der Waals surface area (Å²) in [6.07, 6.45) is 2.03. The standard InChI is InChI=1S/C17H16BrFN2O2/c18-11-4-3-10(14(19)8-11)9-21-17(23)13-5-6-15(22)16-12(13)2-1-7-20-16/h1-4,7-8,13,15,22H,5-6,9H2,(H,21,23)/t13-,15+/m1/s1. The molecular weight excluding hydrogens is 363 g/mol. The summed E-state index contributed by atoms with van der Waals surface area (Å²) in [6.45, 7) is 0.132. The molecule has 2 atom stereocenters. The van der Waals surface area contributed by atoms with E-state index in [4.69, 9.17) is 0 Å². The van der Waals surface area contributed by atoms with Crippen LogP contribution in [0.3, 0.4) is 0 Å². The van der Waals surface area contributed by atoms with E-state index in [1.165, 1.54) is 6.07 Å². The summed E-state index contributed by atoms with van der Waals surface area (Å²) in [7, 11) is 0. The number of hydrogen-bond donors (Lipinski definition) is 2. The molecule has 1 aromatic carbocycles. The first kappa shape index (κ1) is 16.1. The largest absolute Gasteiger partial charge is 0.387 e. The van der Waals surface area contributed by atoms with Gasteiger partial charge in [0.1, 0.15) is 5.82 Å². The number of aromatic nitrogens is 1. The number of aliphatic hydroxyl groups excluding tert-OH is 1. The minimum atomic E-state index is -0.626. The molecule has 0 aliphatic heterocycles. The Balaban J connectivity index is 1.73. The minimum absolute atomic E-state index is 0.132. The van der Waals surface area contributed by atoms with Crippen molar-refractivity contribution in [3.05, 3.63) is 63.6 Å². The third-order valence-electron chi connectivity index (χ3n) is 4.08. The molecule has 0 fully saturated rings. The van der Waals surface area contributed by atoms with Crippen LogP contribution in [-0.2, 0) is 11.3 Å². The van der Waals surface area contributed by atoms with E-state index in [0.29, 0.717) is 28.6 Å². The number of halogens is 2. The lowest BCUT2D eigenvalue weighted by atomic mass is 9.83. The molecular formula is C17H16BrFN2O2. The van der Waals surface area contributed by atoms with E-state index >= 15 is 0 Å². The SMILES string of the molecule is O=C(NCc1ccc(Br)cc1F)[C@@H]1CC[C@H](O)c2ncccc21. The summed E-state index contributed by atoms with van der Waals surface area (Å²) in [5.74, 6) is -0.894. The van der Waals surface area contributed by atoms with Crippen molar-refractivity contribution in [1.82, 2.24) is 10.3 Å². The van der Waals surface area contributed by atoms with E-state index in [-0.39, 0.29) is 24.2 Å². The maximum absolute atomic E-state index is 13.8. The lowest BCUT2D eigenvalue weighted by Crippen LogP contribution is -2.32. The second kappa shape index (κ2) is 6.76. The second-order valence-electron chi connectivity index (χ2n) is 5.58. The maximum atomic E-state index is 13.8. The van der Waals surface area contributed by atoms with Gasteiger partial charge in [0.2, 0.25) is 5.91 Å². The van der Waals surface area contributed by atoms with Gasteiger partial charge < -0.3 is 10.4 Å². The normalized spacial score (nSPS) is 20.0. The molecule has 1 heterocycles. The molecule has 0 saturated carbocycles. The van der Waals surface area contributed by atoms with Crippen LogP contribution in [0.4, 0.5) is 4.39 Å².